The third-order valence-electron chi connectivity index (χ3n) is 4.60. The molecule has 3 rings (SSSR count). The van der Waals surface area contributed by atoms with Crippen LogP contribution in [0.25, 0.3) is 0 Å². The topological polar surface area (TPSA) is 55.1 Å². The zero-order valence-corrected chi connectivity index (χ0v) is 11.5. The molecule has 0 heterocycles. The lowest BCUT2D eigenvalue weighted by Crippen LogP contribution is -2.39. The minimum Gasteiger partial charge on any atom is -0.294 e. The maximum Gasteiger partial charge on any atom is 0.241 e. The third-order valence-corrected chi connectivity index (χ3v) is 4.60. The Morgan fingerprint density at radius 2 is 1.45 bits per heavy atom. The molecule has 0 saturated heterocycles. The van der Waals surface area contributed by atoms with Gasteiger partial charge in [-0.25, -0.2) is 5.84 Å². The van der Waals surface area contributed by atoms with Gasteiger partial charge in [-0.05, 0) is 24.5 Å². The van der Waals surface area contributed by atoms with Crippen LogP contribution in [0.3, 0.4) is 0 Å². The van der Waals surface area contributed by atoms with Crippen LogP contribution in [0.5, 0.6) is 0 Å². The number of carbonyl (C=O) groups is 1. The zero-order chi connectivity index (χ0) is 14.2. The Balaban J connectivity index is 2.15. The van der Waals surface area contributed by atoms with Crippen LogP contribution < -0.4 is 11.3 Å². The van der Waals surface area contributed by atoms with Crippen molar-refractivity contribution in [3.05, 3.63) is 71.8 Å². The van der Waals surface area contributed by atoms with Gasteiger partial charge < -0.3 is 0 Å². The van der Waals surface area contributed by atoms with Gasteiger partial charge in [-0.2, -0.15) is 0 Å². The van der Waals surface area contributed by atoms with E-state index in [1.807, 2.05) is 43.3 Å². The van der Waals surface area contributed by atoms with Crippen molar-refractivity contribution in [2.24, 2.45) is 11.3 Å². The molecule has 3 heteroatoms. The maximum atomic E-state index is 12.2. The molecule has 20 heavy (non-hydrogen) atoms. The number of carbonyl (C=O) groups excluding carboxylic acids is 1. The molecule has 3 N–H and O–H groups in total. The minimum absolute atomic E-state index is 0.106. The lowest BCUT2D eigenvalue weighted by molar-refractivity contribution is -0.126. The van der Waals surface area contributed by atoms with Gasteiger partial charge in [0.25, 0.3) is 0 Å². The summed E-state index contributed by atoms with van der Waals surface area (Å²) >= 11 is 0. The van der Waals surface area contributed by atoms with Gasteiger partial charge in [0, 0.05) is 5.41 Å². The summed E-state index contributed by atoms with van der Waals surface area (Å²) in [4.78, 5) is 12.2. The van der Waals surface area contributed by atoms with Crippen LogP contribution in [-0.4, -0.2) is 5.91 Å². The molecule has 1 amide bonds. The smallest absolute Gasteiger partial charge is 0.241 e. The molecule has 0 aromatic heterocycles. The molecule has 2 aromatic carbocycles. The van der Waals surface area contributed by atoms with Crippen LogP contribution in [0.1, 0.15) is 24.5 Å². The Bertz CT molecular complexity index is 584. The molecule has 1 saturated carbocycles. The summed E-state index contributed by atoms with van der Waals surface area (Å²) in [6, 6.07) is 20.4. The highest BCUT2D eigenvalue weighted by molar-refractivity contribution is 5.89. The SMILES string of the molecule is CC1(C(=O)NN)CC1(c1ccccc1)c1ccccc1. The van der Waals surface area contributed by atoms with Gasteiger partial charge in [-0.15, -0.1) is 0 Å². The van der Waals surface area contributed by atoms with Crippen molar-refractivity contribution in [2.45, 2.75) is 18.8 Å². The first-order chi connectivity index (χ1) is 9.65. The van der Waals surface area contributed by atoms with E-state index in [0.717, 1.165) is 17.5 Å². The third kappa shape index (κ3) is 1.60. The van der Waals surface area contributed by atoms with Crippen molar-refractivity contribution in [2.75, 3.05) is 0 Å². The van der Waals surface area contributed by atoms with Gasteiger partial charge in [-0.3, -0.25) is 10.2 Å². The molecule has 1 atom stereocenters. The molecule has 1 unspecified atom stereocenters. The van der Waals surface area contributed by atoms with Gasteiger partial charge in [-0.1, -0.05) is 60.7 Å². The molecular weight excluding hydrogens is 248 g/mol. The predicted octanol–water partition coefficient (Wildman–Crippen LogP) is 2.37. The highest BCUT2D eigenvalue weighted by Crippen LogP contribution is 2.68. The van der Waals surface area contributed by atoms with Crippen molar-refractivity contribution < 1.29 is 4.79 Å². The quantitative estimate of drug-likeness (QED) is 0.509. The minimum atomic E-state index is -0.496. The van der Waals surface area contributed by atoms with E-state index < -0.39 is 5.41 Å². The van der Waals surface area contributed by atoms with Gasteiger partial charge >= 0.3 is 0 Å². The number of hydrazine groups is 1. The van der Waals surface area contributed by atoms with Crippen molar-refractivity contribution in [3.8, 4) is 0 Å². The molecule has 2 aromatic rings. The molecule has 0 radical (unpaired) electrons. The first kappa shape index (κ1) is 12.9. The van der Waals surface area contributed by atoms with Gasteiger partial charge in [0.15, 0.2) is 0 Å². The molecule has 1 aliphatic carbocycles. The second-order valence-corrected chi connectivity index (χ2v) is 5.62. The van der Waals surface area contributed by atoms with Gasteiger partial charge in [0.05, 0.1) is 5.41 Å². The summed E-state index contributed by atoms with van der Waals surface area (Å²) in [5, 5.41) is 0. The Morgan fingerprint density at radius 1 is 1.00 bits per heavy atom. The number of hydrogen-bond acceptors (Lipinski definition) is 2. The Morgan fingerprint density at radius 3 is 1.85 bits per heavy atom. The molecular formula is C17H18N2O. The number of rotatable bonds is 3. The van der Waals surface area contributed by atoms with E-state index >= 15 is 0 Å². The zero-order valence-electron chi connectivity index (χ0n) is 11.5. The fourth-order valence-electron chi connectivity index (χ4n) is 3.37. The number of benzene rings is 2. The molecule has 1 fully saturated rings. The summed E-state index contributed by atoms with van der Waals surface area (Å²) in [6.45, 7) is 1.98. The van der Waals surface area contributed by atoms with Crippen LogP contribution in [0.4, 0.5) is 0 Å². The Labute approximate surface area is 118 Å². The molecule has 1 aliphatic rings. The summed E-state index contributed by atoms with van der Waals surface area (Å²) in [7, 11) is 0. The van der Waals surface area contributed by atoms with Gasteiger partial charge in [0.1, 0.15) is 0 Å². The van der Waals surface area contributed by atoms with Crippen LogP contribution in [-0.2, 0) is 10.2 Å². The number of nitrogens with one attached hydrogen (secondary N) is 1. The molecule has 3 nitrogen and oxygen atoms in total. The highest BCUT2D eigenvalue weighted by Gasteiger charge is 2.70. The summed E-state index contributed by atoms with van der Waals surface area (Å²) < 4.78 is 0. The average molecular weight is 266 g/mol. The molecule has 0 spiro atoms. The maximum absolute atomic E-state index is 12.2. The lowest BCUT2D eigenvalue weighted by atomic mass is 9.80. The van der Waals surface area contributed by atoms with E-state index in [9.17, 15) is 4.79 Å². The first-order valence-electron chi connectivity index (χ1n) is 6.77. The summed E-state index contributed by atoms with van der Waals surface area (Å²) in [6.07, 6.45) is 0.775. The van der Waals surface area contributed by atoms with E-state index in [0.29, 0.717) is 0 Å². The van der Waals surface area contributed by atoms with E-state index in [1.165, 1.54) is 0 Å². The normalized spacial score (nSPS) is 23.1. The fraction of sp³-hybridized carbons (Fsp3) is 0.235. The van der Waals surface area contributed by atoms with Crippen molar-refractivity contribution in [1.29, 1.82) is 0 Å². The lowest BCUT2D eigenvalue weighted by Gasteiger charge is -2.23. The largest absolute Gasteiger partial charge is 0.294 e. The summed E-state index contributed by atoms with van der Waals surface area (Å²) in [5.41, 5.74) is 3.88. The first-order valence-corrected chi connectivity index (χ1v) is 6.77. The fourth-order valence-corrected chi connectivity index (χ4v) is 3.37. The van der Waals surface area contributed by atoms with E-state index in [4.69, 9.17) is 5.84 Å². The standard InChI is InChI=1S/C17H18N2O/c1-16(15(20)19-18)12-17(16,13-8-4-2-5-9-13)14-10-6-3-7-11-14/h2-11H,12,18H2,1H3,(H,19,20). The van der Waals surface area contributed by atoms with E-state index in [-0.39, 0.29) is 11.3 Å². The monoisotopic (exact) mass is 266 g/mol. The van der Waals surface area contributed by atoms with Crippen LogP contribution in [0.2, 0.25) is 0 Å². The molecule has 102 valence electrons. The molecule has 0 aliphatic heterocycles. The number of hydrogen-bond donors (Lipinski definition) is 2. The van der Waals surface area contributed by atoms with Gasteiger partial charge in [0.2, 0.25) is 5.91 Å². The van der Waals surface area contributed by atoms with Crippen molar-refractivity contribution >= 4 is 5.91 Å². The average Bonchev–Trinajstić information content (AvgIpc) is 3.17. The number of nitrogens with two attached hydrogens (primary N) is 1. The summed E-state index contributed by atoms with van der Waals surface area (Å²) in [5.74, 6) is 5.27. The second kappa shape index (κ2) is 4.46. The molecule has 0 bridgehead atoms. The van der Waals surface area contributed by atoms with E-state index in [2.05, 4.69) is 29.7 Å². The Hall–Kier alpha value is -2.13. The van der Waals surface area contributed by atoms with Crippen LogP contribution in [0.15, 0.2) is 60.7 Å². The van der Waals surface area contributed by atoms with Crippen LogP contribution >= 0.6 is 0 Å². The Kier molecular flexibility index (Phi) is 2.87. The van der Waals surface area contributed by atoms with Crippen molar-refractivity contribution in [1.82, 2.24) is 5.43 Å². The predicted molar refractivity (Wildman–Crippen MR) is 78.7 cm³/mol. The van der Waals surface area contributed by atoms with Crippen molar-refractivity contribution in [3.63, 3.8) is 0 Å². The van der Waals surface area contributed by atoms with Crippen LogP contribution in [0, 0.1) is 5.41 Å². The second-order valence-electron chi connectivity index (χ2n) is 5.62. The number of amides is 1. The highest BCUT2D eigenvalue weighted by atomic mass is 16.2. The van der Waals surface area contributed by atoms with E-state index in [1.54, 1.807) is 0 Å².